The zero-order chi connectivity index (χ0) is 15.1. The maximum atomic E-state index is 12.0. The van der Waals surface area contributed by atoms with Crippen molar-refractivity contribution in [1.29, 1.82) is 0 Å². The highest BCUT2D eigenvalue weighted by Gasteiger charge is 2.16. The van der Waals surface area contributed by atoms with Gasteiger partial charge in [0.25, 0.3) is 6.43 Å². The van der Waals surface area contributed by atoms with Gasteiger partial charge in [0.15, 0.2) is 0 Å². The molecule has 5 nitrogen and oxygen atoms in total. The maximum Gasteiger partial charge on any atom is 0.261 e. The third-order valence-corrected chi connectivity index (χ3v) is 3.08. The molecule has 21 heavy (non-hydrogen) atoms. The summed E-state index contributed by atoms with van der Waals surface area (Å²) in [5.74, 6) is 0. The second-order valence-corrected chi connectivity index (χ2v) is 4.50. The first-order chi connectivity index (χ1) is 10.2. The molecule has 0 bridgehead atoms. The molecule has 1 aromatic heterocycles. The molecule has 1 aromatic carbocycles. The van der Waals surface area contributed by atoms with Crippen LogP contribution in [0.2, 0.25) is 0 Å². The number of nitrogens with one attached hydrogen (secondary N) is 1. The second kappa shape index (κ2) is 7.80. The molecule has 0 aliphatic rings. The van der Waals surface area contributed by atoms with Crippen molar-refractivity contribution >= 4 is 0 Å². The lowest BCUT2D eigenvalue weighted by Gasteiger charge is -2.17. The summed E-state index contributed by atoms with van der Waals surface area (Å²) >= 11 is 0. The van der Waals surface area contributed by atoms with E-state index in [4.69, 9.17) is 4.74 Å². The van der Waals surface area contributed by atoms with Gasteiger partial charge >= 0.3 is 0 Å². The Bertz CT molecular complexity index is 533. The van der Waals surface area contributed by atoms with Crippen LogP contribution in [0.1, 0.15) is 18.2 Å². The van der Waals surface area contributed by atoms with Crippen molar-refractivity contribution in [2.75, 3.05) is 20.3 Å². The van der Waals surface area contributed by atoms with E-state index in [1.165, 1.54) is 0 Å². The number of benzene rings is 1. The van der Waals surface area contributed by atoms with Gasteiger partial charge in [0.2, 0.25) is 0 Å². The molecule has 0 saturated heterocycles. The number of nitrogens with zero attached hydrogens (tertiary/aromatic N) is 3. The van der Waals surface area contributed by atoms with E-state index < -0.39 is 13.0 Å². The molecular formula is C14H18F2N4O. The van der Waals surface area contributed by atoms with Crippen LogP contribution in [-0.2, 0) is 4.74 Å². The number of aromatic nitrogens is 3. The van der Waals surface area contributed by atoms with E-state index >= 15 is 0 Å². The van der Waals surface area contributed by atoms with Crippen LogP contribution in [0.5, 0.6) is 0 Å². The molecule has 7 heteroatoms. The largest absolute Gasteiger partial charge is 0.375 e. The van der Waals surface area contributed by atoms with Crippen LogP contribution < -0.4 is 5.32 Å². The molecule has 1 heterocycles. The van der Waals surface area contributed by atoms with E-state index in [2.05, 4.69) is 15.6 Å². The molecule has 114 valence electrons. The molecule has 0 saturated carbocycles. The van der Waals surface area contributed by atoms with Gasteiger partial charge in [0.1, 0.15) is 6.61 Å². The zero-order valence-corrected chi connectivity index (χ0v) is 11.7. The van der Waals surface area contributed by atoms with Gasteiger partial charge < -0.3 is 10.1 Å². The highest BCUT2D eigenvalue weighted by molar-refractivity contribution is 5.32. The Morgan fingerprint density at radius 1 is 1.29 bits per heavy atom. The second-order valence-electron chi connectivity index (χ2n) is 4.50. The number of para-hydroxylation sites is 1. The summed E-state index contributed by atoms with van der Waals surface area (Å²) in [6, 6.07) is 9.55. The van der Waals surface area contributed by atoms with E-state index in [0.717, 1.165) is 11.4 Å². The molecule has 0 aliphatic carbocycles. The number of alkyl halides is 2. The van der Waals surface area contributed by atoms with Crippen molar-refractivity contribution in [3.8, 4) is 5.69 Å². The Morgan fingerprint density at radius 3 is 2.71 bits per heavy atom. The number of rotatable bonds is 8. The van der Waals surface area contributed by atoms with Crippen molar-refractivity contribution in [2.45, 2.75) is 18.9 Å². The summed E-state index contributed by atoms with van der Waals surface area (Å²) in [5, 5.41) is 11.1. The molecule has 0 aliphatic heterocycles. The van der Waals surface area contributed by atoms with E-state index in [-0.39, 0.29) is 12.6 Å². The minimum Gasteiger partial charge on any atom is -0.375 e. The average Bonchev–Trinajstić information content (AvgIpc) is 2.97. The minimum atomic E-state index is -2.44. The lowest BCUT2D eigenvalue weighted by Crippen LogP contribution is -2.22. The van der Waals surface area contributed by atoms with Crippen molar-refractivity contribution < 1.29 is 13.5 Å². The van der Waals surface area contributed by atoms with Gasteiger partial charge in [-0.3, -0.25) is 0 Å². The molecule has 2 rings (SSSR count). The summed E-state index contributed by atoms with van der Waals surface area (Å²) in [4.78, 5) is 0. The maximum absolute atomic E-state index is 12.0. The monoisotopic (exact) mass is 296 g/mol. The average molecular weight is 296 g/mol. The van der Waals surface area contributed by atoms with Crippen LogP contribution in [-0.4, -0.2) is 41.7 Å². The molecule has 1 atom stereocenters. The number of halogens is 2. The molecule has 0 amide bonds. The smallest absolute Gasteiger partial charge is 0.261 e. The summed E-state index contributed by atoms with van der Waals surface area (Å²) in [5.41, 5.74) is 1.77. The molecule has 1 N–H and O–H groups in total. The standard InChI is InChI=1S/C14H18F2N4O/c1-17-12(7-8-21-10-14(15)16)13-9-18-19-20(13)11-5-3-2-4-6-11/h2-6,9,12,14,17H,7-8,10H2,1H3. The van der Waals surface area contributed by atoms with E-state index in [1.54, 1.807) is 17.9 Å². The van der Waals surface area contributed by atoms with E-state index in [1.807, 2.05) is 30.3 Å². The third-order valence-electron chi connectivity index (χ3n) is 3.08. The Balaban J connectivity index is 2.04. The Morgan fingerprint density at radius 2 is 2.05 bits per heavy atom. The summed E-state index contributed by atoms with van der Waals surface area (Å²) in [7, 11) is 1.81. The Labute approximate surface area is 121 Å². The van der Waals surface area contributed by atoms with Crippen molar-refractivity contribution in [3.63, 3.8) is 0 Å². The van der Waals surface area contributed by atoms with Gasteiger partial charge in [-0.05, 0) is 25.6 Å². The van der Waals surface area contributed by atoms with Crippen LogP contribution in [0, 0.1) is 0 Å². The number of ether oxygens (including phenoxy) is 1. The fourth-order valence-electron chi connectivity index (χ4n) is 2.06. The van der Waals surface area contributed by atoms with Crippen LogP contribution in [0.3, 0.4) is 0 Å². The first kappa shape index (κ1) is 15.5. The Kier molecular flexibility index (Phi) is 5.77. The quantitative estimate of drug-likeness (QED) is 0.759. The lowest BCUT2D eigenvalue weighted by molar-refractivity contribution is 0.0144. The van der Waals surface area contributed by atoms with E-state index in [0.29, 0.717) is 6.42 Å². The highest BCUT2D eigenvalue weighted by atomic mass is 19.3. The summed E-state index contributed by atoms with van der Waals surface area (Å²) < 4.78 is 30.7. The third kappa shape index (κ3) is 4.30. The van der Waals surface area contributed by atoms with Crippen molar-refractivity contribution in [3.05, 3.63) is 42.2 Å². The topological polar surface area (TPSA) is 52.0 Å². The predicted octanol–water partition coefficient (Wildman–Crippen LogP) is 2.20. The molecule has 1 unspecified atom stereocenters. The van der Waals surface area contributed by atoms with Gasteiger partial charge in [-0.1, -0.05) is 23.4 Å². The van der Waals surface area contributed by atoms with Crippen LogP contribution in [0.4, 0.5) is 8.78 Å². The molecule has 0 radical (unpaired) electrons. The van der Waals surface area contributed by atoms with Gasteiger partial charge in [0.05, 0.1) is 23.6 Å². The van der Waals surface area contributed by atoms with Gasteiger partial charge in [-0.25, -0.2) is 13.5 Å². The SMILES string of the molecule is CNC(CCOCC(F)F)c1cnnn1-c1ccccc1. The highest BCUT2D eigenvalue weighted by Crippen LogP contribution is 2.18. The minimum absolute atomic E-state index is 0.0714. The van der Waals surface area contributed by atoms with Crippen LogP contribution in [0.15, 0.2) is 36.5 Å². The molecule has 2 aromatic rings. The van der Waals surface area contributed by atoms with Gasteiger partial charge in [0, 0.05) is 6.61 Å². The normalized spacial score (nSPS) is 12.8. The fourth-order valence-corrected chi connectivity index (χ4v) is 2.06. The predicted molar refractivity (Wildman–Crippen MR) is 74.6 cm³/mol. The van der Waals surface area contributed by atoms with Crippen LogP contribution >= 0.6 is 0 Å². The van der Waals surface area contributed by atoms with E-state index in [9.17, 15) is 8.78 Å². The van der Waals surface area contributed by atoms with Crippen molar-refractivity contribution in [2.24, 2.45) is 0 Å². The fraction of sp³-hybridized carbons (Fsp3) is 0.429. The van der Waals surface area contributed by atoms with Gasteiger partial charge in [-0.2, -0.15) is 0 Å². The van der Waals surface area contributed by atoms with Crippen molar-refractivity contribution in [1.82, 2.24) is 20.3 Å². The lowest BCUT2D eigenvalue weighted by atomic mass is 10.1. The number of hydrogen-bond donors (Lipinski definition) is 1. The zero-order valence-electron chi connectivity index (χ0n) is 11.7. The van der Waals surface area contributed by atoms with Gasteiger partial charge in [-0.15, -0.1) is 5.10 Å². The molecule has 0 fully saturated rings. The van der Waals surface area contributed by atoms with Crippen LogP contribution in [0.25, 0.3) is 5.69 Å². The molecule has 0 spiro atoms. The Hall–Kier alpha value is -1.86. The molecular weight excluding hydrogens is 278 g/mol. The number of hydrogen-bond acceptors (Lipinski definition) is 4. The first-order valence-corrected chi connectivity index (χ1v) is 6.71. The summed E-state index contributed by atoms with van der Waals surface area (Å²) in [6.45, 7) is -0.289. The first-order valence-electron chi connectivity index (χ1n) is 6.71. The summed E-state index contributed by atoms with van der Waals surface area (Å²) in [6.07, 6.45) is -0.209.